The van der Waals surface area contributed by atoms with Crippen molar-refractivity contribution in [3.63, 3.8) is 0 Å². The van der Waals surface area contributed by atoms with Gasteiger partial charge < -0.3 is 0 Å². The van der Waals surface area contributed by atoms with Gasteiger partial charge in [0.2, 0.25) is 0 Å². The molecule has 0 amide bonds. The molecule has 0 aromatic rings. The molecule has 0 spiro atoms. The predicted molar refractivity (Wildman–Crippen MR) is 31.5 cm³/mol. The fraction of sp³-hybridized carbons (Fsp3) is 1.00. The zero-order chi connectivity index (χ0) is 7.91. The van der Waals surface area contributed by atoms with E-state index in [4.69, 9.17) is 4.55 Å². The zero-order valence-electron chi connectivity index (χ0n) is 4.94. The molecule has 0 saturated heterocycles. The van der Waals surface area contributed by atoms with Gasteiger partial charge in [0, 0.05) is 0 Å². The maximum Gasteiger partial charge on any atom is 0.397 e. The van der Waals surface area contributed by atoms with Crippen LogP contribution in [0.5, 0.6) is 0 Å². The van der Waals surface area contributed by atoms with Crippen LogP contribution in [-0.4, -0.2) is 19.6 Å². The smallest absolute Gasteiger partial charge is 0.274 e. The normalized spacial score (nSPS) is 9.78. The maximum atomic E-state index is 9.56. The number of hydrogen-bond acceptors (Lipinski definition) is 5. The lowest BCUT2D eigenvalue weighted by molar-refractivity contribution is 0.283. The van der Waals surface area contributed by atoms with Gasteiger partial charge in [-0.1, -0.05) is 0 Å². The van der Waals surface area contributed by atoms with E-state index in [2.05, 4.69) is 15.9 Å². The lowest BCUT2D eigenvalue weighted by atomic mass is 10.9. The molecule has 0 radical (unpaired) electrons. The van der Waals surface area contributed by atoms with E-state index in [1.807, 2.05) is 0 Å². The summed E-state index contributed by atoms with van der Waals surface area (Å²) in [4.78, 5) is 0. The summed E-state index contributed by atoms with van der Waals surface area (Å²) in [5, 5.41) is 0. The van der Waals surface area contributed by atoms with Crippen LogP contribution in [0.3, 0.4) is 0 Å². The number of hydrogen-bond donors (Lipinski definition) is 3. The van der Waals surface area contributed by atoms with Crippen LogP contribution in [0.2, 0.25) is 0 Å². The average Bonchev–Trinajstić information content (AvgIpc) is 1.69. The monoisotopic (exact) mass is 158 g/mol. The minimum absolute atomic E-state index is 0.0289. The van der Waals surface area contributed by atoms with Crippen molar-refractivity contribution < 1.29 is 17.2 Å². The highest BCUT2D eigenvalue weighted by Crippen LogP contribution is 1.81. The van der Waals surface area contributed by atoms with E-state index in [0.717, 1.165) is 0 Å². The standard InChI is InChI=1S/C2H6O4S.H4N2/c1-2-6-7(3,4)5;1-2/h2H2,1H3,(H,3,4,5);1-2H2. The first-order chi connectivity index (χ1) is 4.06. The summed E-state index contributed by atoms with van der Waals surface area (Å²) in [6, 6.07) is 0. The van der Waals surface area contributed by atoms with E-state index in [-0.39, 0.29) is 6.61 Å². The highest BCUT2D eigenvalue weighted by molar-refractivity contribution is 7.80. The molecule has 0 saturated carbocycles. The minimum Gasteiger partial charge on any atom is -0.274 e. The summed E-state index contributed by atoms with van der Waals surface area (Å²) in [5.41, 5.74) is 0. The average molecular weight is 158 g/mol. The highest BCUT2D eigenvalue weighted by Gasteiger charge is 1.98. The largest absolute Gasteiger partial charge is 0.397 e. The van der Waals surface area contributed by atoms with Gasteiger partial charge in [-0.05, 0) is 6.92 Å². The Bertz CT molecular complexity index is 130. The molecule has 6 nitrogen and oxygen atoms in total. The number of hydrazine groups is 1. The second-order valence-corrected chi connectivity index (χ2v) is 1.93. The molecule has 0 unspecified atom stereocenters. The molecule has 0 aromatic carbocycles. The molecule has 5 N–H and O–H groups in total. The van der Waals surface area contributed by atoms with Gasteiger partial charge in [0.05, 0.1) is 6.61 Å². The first kappa shape index (κ1) is 11.6. The third-order valence-corrected chi connectivity index (χ3v) is 0.800. The Morgan fingerprint density at radius 1 is 1.56 bits per heavy atom. The summed E-state index contributed by atoms with van der Waals surface area (Å²) < 4.78 is 30.7. The van der Waals surface area contributed by atoms with Crippen molar-refractivity contribution in [2.45, 2.75) is 6.92 Å². The van der Waals surface area contributed by atoms with Crippen molar-refractivity contribution in [2.24, 2.45) is 11.7 Å². The number of nitrogens with two attached hydrogens (primary N) is 2. The third-order valence-electron chi connectivity index (χ3n) is 0.267. The molecule has 0 aliphatic heterocycles. The Kier molecular flexibility index (Phi) is 7.61. The summed E-state index contributed by atoms with van der Waals surface area (Å²) in [6.07, 6.45) is 0. The van der Waals surface area contributed by atoms with Crippen LogP contribution < -0.4 is 11.7 Å². The van der Waals surface area contributed by atoms with Crippen LogP contribution in [0.25, 0.3) is 0 Å². The molecular weight excluding hydrogens is 148 g/mol. The van der Waals surface area contributed by atoms with Gasteiger partial charge in [-0.2, -0.15) is 8.42 Å². The fourth-order valence-corrected chi connectivity index (χ4v) is 0.447. The summed E-state index contributed by atoms with van der Waals surface area (Å²) in [7, 11) is -4.17. The maximum absolute atomic E-state index is 9.56. The SMILES string of the molecule is CCOS(=O)(=O)O.NN. The molecule has 0 bridgehead atoms. The van der Waals surface area contributed by atoms with Crippen molar-refractivity contribution in [3.8, 4) is 0 Å². The highest BCUT2D eigenvalue weighted by atomic mass is 32.3. The van der Waals surface area contributed by atoms with Gasteiger partial charge in [-0.15, -0.1) is 0 Å². The lowest BCUT2D eigenvalue weighted by Crippen LogP contribution is -2.02. The molecule has 0 rings (SSSR count). The van der Waals surface area contributed by atoms with Gasteiger partial charge in [0.25, 0.3) is 0 Å². The van der Waals surface area contributed by atoms with Crippen LogP contribution in [0.1, 0.15) is 6.92 Å². The molecule has 0 aromatic heterocycles. The summed E-state index contributed by atoms with van der Waals surface area (Å²) in [5.74, 6) is 8.00. The van der Waals surface area contributed by atoms with E-state index < -0.39 is 10.4 Å². The van der Waals surface area contributed by atoms with E-state index >= 15 is 0 Å². The minimum atomic E-state index is -4.17. The molecule has 0 aliphatic carbocycles. The second kappa shape index (κ2) is 5.92. The molecule has 9 heavy (non-hydrogen) atoms. The van der Waals surface area contributed by atoms with Gasteiger partial charge in [-0.3, -0.25) is 16.2 Å². The molecule has 7 heteroatoms. The molecular formula is C2H10N2O4S. The topological polar surface area (TPSA) is 116 Å². The quantitative estimate of drug-likeness (QED) is 0.260. The van der Waals surface area contributed by atoms with Gasteiger partial charge >= 0.3 is 10.4 Å². The third kappa shape index (κ3) is 18.2. The van der Waals surface area contributed by atoms with Crippen LogP contribution in [-0.2, 0) is 14.6 Å². The molecule has 0 aliphatic rings. The van der Waals surface area contributed by atoms with Crippen molar-refractivity contribution in [1.29, 1.82) is 0 Å². The van der Waals surface area contributed by atoms with Crippen molar-refractivity contribution in [2.75, 3.05) is 6.61 Å². The van der Waals surface area contributed by atoms with E-state index in [0.29, 0.717) is 0 Å². The van der Waals surface area contributed by atoms with Crippen LogP contribution in [0.15, 0.2) is 0 Å². The van der Waals surface area contributed by atoms with Gasteiger partial charge in [0.1, 0.15) is 0 Å². The zero-order valence-corrected chi connectivity index (χ0v) is 5.76. The van der Waals surface area contributed by atoms with E-state index in [1.54, 1.807) is 0 Å². The Morgan fingerprint density at radius 2 is 1.89 bits per heavy atom. The Hall–Kier alpha value is -0.210. The molecule has 0 heterocycles. The van der Waals surface area contributed by atoms with E-state index in [9.17, 15) is 8.42 Å². The van der Waals surface area contributed by atoms with Crippen LogP contribution >= 0.6 is 0 Å². The van der Waals surface area contributed by atoms with Gasteiger partial charge in [0.15, 0.2) is 0 Å². The fourth-order valence-electron chi connectivity index (χ4n) is 0.149. The Balaban J connectivity index is 0. The van der Waals surface area contributed by atoms with Crippen LogP contribution in [0, 0.1) is 0 Å². The Labute approximate surface area is 53.7 Å². The first-order valence-electron chi connectivity index (χ1n) is 2.01. The molecule has 0 fully saturated rings. The number of rotatable bonds is 2. The Morgan fingerprint density at radius 3 is 1.89 bits per heavy atom. The first-order valence-corrected chi connectivity index (χ1v) is 3.38. The van der Waals surface area contributed by atoms with Crippen LogP contribution in [0.4, 0.5) is 0 Å². The van der Waals surface area contributed by atoms with E-state index in [1.165, 1.54) is 6.92 Å². The van der Waals surface area contributed by atoms with Crippen molar-refractivity contribution in [1.82, 2.24) is 0 Å². The van der Waals surface area contributed by atoms with Crippen molar-refractivity contribution in [3.05, 3.63) is 0 Å². The van der Waals surface area contributed by atoms with Crippen molar-refractivity contribution >= 4 is 10.4 Å². The molecule has 0 atom stereocenters. The molecule has 58 valence electrons. The summed E-state index contributed by atoms with van der Waals surface area (Å²) in [6.45, 7) is 1.44. The predicted octanol–water partition coefficient (Wildman–Crippen LogP) is -1.36. The van der Waals surface area contributed by atoms with Gasteiger partial charge in [-0.25, -0.2) is 4.18 Å². The summed E-state index contributed by atoms with van der Waals surface area (Å²) >= 11 is 0. The lowest BCUT2D eigenvalue weighted by Gasteiger charge is -1.88. The second-order valence-electron chi connectivity index (χ2n) is 0.834.